The second-order valence-corrected chi connectivity index (χ2v) is 8.60. The third-order valence-corrected chi connectivity index (χ3v) is 5.02. The lowest BCUT2D eigenvalue weighted by Crippen LogP contribution is -2.37. The molecule has 0 radical (unpaired) electrons. The van der Waals surface area contributed by atoms with Gasteiger partial charge in [0.2, 0.25) is 0 Å². The third kappa shape index (κ3) is 6.39. The van der Waals surface area contributed by atoms with Gasteiger partial charge in [0, 0.05) is 18.2 Å². The first-order valence-corrected chi connectivity index (χ1v) is 10.5. The van der Waals surface area contributed by atoms with E-state index in [0.717, 1.165) is 28.9 Å². The second kappa shape index (κ2) is 9.41. The van der Waals surface area contributed by atoms with Gasteiger partial charge in [-0.1, -0.05) is 42.5 Å². The van der Waals surface area contributed by atoms with E-state index in [4.69, 9.17) is 10.5 Å². The maximum atomic E-state index is 11.3. The van der Waals surface area contributed by atoms with Crippen LogP contribution in [0, 0.1) is 0 Å². The SMILES string of the molecule is CS(=O)(=O)Cc1ccc(CN=C(N)NC2CCOc3ccccc32)cc1.I. The number of para-hydroxylation sites is 1. The Hall–Kier alpha value is -1.81. The fourth-order valence-electron chi connectivity index (χ4n) is 2.94. The summed E-state index contributed by atoms with van der Waals surface area (Å²) in [4.78, 5) is 4.39. The zero-order chi connectivity index (χ0) is 18.6. The molecule has 6 nitrogen and oxygen atoms in total. The Morgan fingerprint density at radius 3 is 2.56 bits per heavy atom. The molecular formula is C19H24IN3O3S. The number of sulfone groups is 1. The summed E-state index contributed by atoms with van der Waals surface area (Å²) in [5, 5.41) is 3.26. The van der Waals surface area contributed by atoms with Gasteiger partial charge in [-0.15, -0.1) is 24.0 Å². The Bertz CT molecular complexity index is 899. The number of nitrogens with zero attached hydrogens (tertiary/aromatic N) is 1. The van der Waals surface area contributed by atoms with Crippen molar-refractivity contribution < 1.29 is 13.2 Å². The van der Waals surface area contributed by atoms with Gasteiger partial charge in [0.1, 0.15) is 5.75 Å². The number of aliphatic imine (C=N–C) groups is 1. The second-order valence-electron chi connectivity index (χ2n) is 6.46. The van der Waals surface area contributed by atoms with Gasteiger partial charge in [-0.05, 0) is 17.2 Å². The molecule has 27 heavy (non-hydrogen) atoms. The molecule has 3 N–H and O–H groups in total. The number of benzene rings is 2. The number of nitrogens with one attached hydrogen (secondary N) is 1. The number of hydrogen-bond donors (Lipinski definition) is 2. The Kier molecular flexibility index (Phi) is 7.49. The molecule has 0 spiro atoms. The van der Waals surface area contributed by atoms with Crippen molar-refractivity contribution in [2.75, 3.05) is 12.9 Å². The molecule has 1 aliphatic heterocycles. The Balaban J connectivity index is 0.00000261. The monoisotopic (exact) mass is 501 g/mol. The molecule has 1 heterocycles. The Morgan fingerprint density at radius 1 is 1.19 bits per heavy atom. The van der Waals surface area contributed by atoms with Crippen molar-refractivity contribution in [1.82, 2.24) is 5.32 Å². The van der Waals surface area contributed by atoms with E-state index in [-0.39, 0.29) is 35.8 Å². The summed E-state index contributed by atoms with van der Waals surface area (Å²) in [7, 11) is -3.02. The maximum Gasteiger partial charge on any atom is 0.189 e. The van der Waals surface area contributed by atoms with Crippen LogP contribution in [0.1, 0.15) is 29.2 Å². The summed E-state index contributed by atoms with van der Waals surface area (Å²) in [6.07, 6.45) is 2.06. The first kappa shape index (κ1) is 21.5. The van der Waals surface area contributed by atoms with Crippen LogP contribution in [0.3, 0.4) is 0 Å². The number of hydrogen-bond acceptors (Lipinski definition) is 4. The molecule has 0 aliphatic carbocycles. The van der Waals surface area contributed by atoms with E-state index in [1.165, 1.54) is 6.26 Å². The fraction of sp³-hybridized carbons (Fsp3) is 0.316. The van der Waals surface area contributed by atoms with Crippen LogP contribution in [0.5, 0.6) is 5.75 Å². The van der Waals surface area contributed by atoms with Crippen LogP contribution in [0.25, 0.3) is 0 Å². The molecule has 1 aliphatic rings. The number of ether oxygens (including phenoxy) is 1. The highest BCUT2D eigenvalue weighted by atomic mass is 127. The molecule has 0 saturated carbocycles. The first-order chi connectivity index (χ1) is 12.4. The molecule has 2 aromatic rings. The molecule has 0 amide bonds. The molecular weight excluding hydrogens is 477 g/mol. The van der Waals surface area contributed by atoms with Crippen LogP contribution in [0.2, 0.25) is 0 Å². The van der Waals surface area contributed by atoms with Crippen molar-refractivity contribution in [3.8, 4) is 5.75 Å². The average molecular weight is 501 g/mol. The van der Waals surface area contributed by atoms with E-state index < -0.39 is 9.84 Å². The number of fused-ring (bicyclic) bond motifs is 1. The average Bonchev–Trinajstić information content (AvgIpc) is 2.60. The van der Waals surface area contributed by atoms with Crippen molar-refractivity contribution in [2.24, 2.45) is 10.7 Å². The van der Waals surface area contributed by atoms with E-state index in [1.54, 1.807) is 0 Å². The molecule has 1 unspecified atom stereocenters. The number of halogens is 1. The number of rotatable bonds is 5. The zero-order valence-electron chi connectivity index (χ0n) is 15.1. The molecule has 0 aromatic heterocycles. The van der Waals surface area contributed by atoms with Crippen molar-refractivity contribution in [1.29, 1.82) is 0 Å². The maximum absolute atomic E-state index is 11.3. The van der Waals surface area contributed by atoms with E-state index in [2.05, 4.69) is 10.3 Å². The van der Waals surface area contributed by atoms with Crippen LogP contribution in [0.4, 0.5) is 0 Å². The van der Waals surface area contributed by atoms with E-state index in [0.29, 0.717) is 19.1 Å². The summed E-state index contributed by atoms with van der Waals surface area (Å²) >= 11 is 0. The predicted molar refractivity (Wildman–Crippen MR) is 118 cm³/mol. The fourth-order valence-corrected chi connectivity index (χ4v) is 3.73. The molecule has 0 bridgehead atoms. The summed E-state index contributed by atoms with van der Waals surface area (Å²) in [5.74, 6) is 1.31. The summed E-state index contributed by atoms with van der Waals surface area (Å²) < 4.78 is 28.3. The molecule has 3 rings (SSSR count). The normalized spacial score (nSPS) is 16.6. The summed E-state index contributed by atoms with van der Waals surface area (Å²) in [5.41, 5.74) is 8.87. The molecule has 1 atom stereocenters. The van der Waals surface area contributed by atoms with Gasteiger partial charge in [-0.3, -0.25) is 0 Å². The Labute approximate surface area is 177 Å². The minimum atomic E-state index is -3.02. The summed E-state index contributed by atoms with van der Waals surface area (Å²) in [6.45, 7) is 1.08. The standard InChI is InChI=1S/C19H23N3O3S.HI/c1-26(23,24)13-15-8-6-14(7-9-15)12-21-19(20)22-17-10-11-25-18-5-3-2-4-16(17)18;/h2-9,17H,10-13H2,1H3,(H3,20,21,22);1H. The molecule has 146 valence electrons. The number of guanidine groups is 1. The predicted octanol–water partition coefficient (Wildman–Crippen LogP) is 2.78. The van der Waals surface area contributed by atoms with Crippen molar-refractivity contribution in [3.05, 3.63) is 65.2 Å². The zero-order valence-corrected chi connectivity index (χ0v) is 18.2. The highest BCUT2D eigenvalue weighted by Gasteiger charge is 2.21. The van der Waals surface area contributed by atoms with Crippen molar-refractivity contribution in [3.63, 3.8) is 0 Å². The van der Waals surface area contributed by atoms with Gasteiger partial charge in [0.25, 0.3) is 0 Å². The van der Waals surface area contributed by atoms with Crippen LogP contribution >= 0.6 is 24.0 Å². The van der Waals surface area contributed by atoms with Crippen LogP contribution in [-0.4, -0.2) is 27.2 Å². The molecule has 2 aromatic carbocycles. The summed E-state index contributed by atoms with van der Waals surface area (Å²) in [6, 6.07) is 15.4. The largest absolute Gasteiger partial charge is 0.493 e. The van der Waals surface area contributed by atoms with Gasteiger partial charge < -0.3 is 15.8 Å². The lowest BCUT2D eigenvalue weighted by Gasteiger charge is -2.26. The van der Waals surface area contributed by atoms with E-state index in [9.17, 15) is 8.42 Å². The minimum Gasteiger partial charge on any atom is -0.493 e. The van der Waals surface area contributed by atoms with Gasteiger partial charge in [-0.2, -0.15) is 0 Å². The first-order valence-electron chi connectivity index (χ1n) is 8.44. The molecule has 0 saturated heterocycles. The van der Waals surface area contributed by atoms with Gasteiger partial charge in [-0.25, -0.2) is 13.4 Å². The lowest BCUT2D eigenvalue weighted by atomic mass is 10.0. The van der Waals surface area contributed by atoms with Gasteiger partial charge in [0.05, 0.1) is 24.9 Å². The molecule has 0 fully saturated rings. The topological polar surface area (TPSA) is 93.8 Å². The lowest BCUT2D eigenvalue weighted by molar-refractivity contribution is 0.262. The Morgan fingerprint density at radius 2 is 1.85 bits per heavy atom. The number of nitrogens with two attached hydrogens (primary N) is 1. The smallest absolute Gasteiger partial charge is 0.189 e. The molecule has 8 heteroatoms. The van der Waals surface area contributed by atoms with Gasteiger partial charge in [0.15, 0.2) is 15.8 Å². The van der Waals surface area contributed by atoms with Crippen LogP contribution in [-0.2, 0) is 22.1 Å². The quantitative estimate of drug-likeness (QED) is 0.374. The van der Waals surface area contributed by atoms with Crippen LogP contribution in [0.15, 0.2) is 53.5 Å². The minimum absolute atomic E-state index is 0. The van der Waals surface area contributed by atoms with E-state index in [1.807, 2.05) is 48.5 Å². The third-order valence-electron chi connectivity index (χ3n) is 4.16. The highest BCUT2D eigenvalue weighted by Crippen LogP contribution is 2.31. The van der Waals surface area contributed by atoms with E-state index >= 15 is 0 Å². The van der Waals surface area contributed by atoms with Crippen molar-refractivity contribution in [2.45, 2.75) is 24.8 Å². The van der Waals surface area contributed by atoms with Crippen molar-refractivity contribution >= 4 is 39.8 Å². The highest BCUT2D eigenvalue weighted by molar-refractivity contribution is 14.0. The van der Waals surface area contributed by atoms with Crippen LogP contribution < -0.4 is 15.8 Å². The van der Waals surface area contributed by atoms with Gasteiger partial charge >= 0.3 is 0 Å².